The van der Waals surface area contributed by atoms with Crippen molar-refractivity contribution in [1.29, 1.82) is 0 Å². The highest BCUT2D eigenvalue weighted by molar-refractivity contribution is 8.15. The van der Waals surface area contributed by atoms with Crippen LogP contribution in [0.4, 0.5) is 11.4 Å². The van der Waals surface area contributed by atoms with E-state index in [0.717, 1.165) is 0 Å². The van der Waals surface area contributed by atoms with Gasteiger partial charge >= 0.3 is 0 Å². The number of fused-ring (bicyclic) bond motifs is 1. The highest BCUT2D eigenvalue weighted by Crippen LogP contribution is 2.35. The Bertz CT molecular complexity index is 1120. The van der Waals surface area contributed by atoms with Gasteiger partial charge in [0.25, 0.3) is 5.91 Å². The topological polar surface area (TPSA) is 106 Å². The van der Waals surface area contributed by atoms with Crippen molar-refractivity contribution in [2.75, 3.05) is 36.4 Å². The predicted molar refractivity (Wildman–Crippen MR) is 119 cm³/mol. The van der Waals surface area contributed by atoms with Crippen molar-refractivity contribution in [3.05, 3.63) is 48.0 Å². The average molecular weight is 448 g/mol. The Labute approximate surface area is 179 Å². The maximum Gasteiger partial charge on any atom is 0.255 e. The number of nitrogens with one attached hydrogen (secondary N) is 2. The molecule has 0 aromatic heterocycles. The van der Waals surface area contributed by atoms with Gasteiger partial charge in [0.1, 0.15) is 11.5 Å². The Morgan fingerprint density at radius 2 is 1.97 bits per heavy atom. The van der Waals surface area contributed by atoms with Crippen LogP contribution >= 0.6 is 11.8 Å². The molecule has 2 aromatic carbocycles. The lowest BCUT2D eigenvalue weighted by atomic mass is 10.1. The Morgan fingerprint density at radius 3 is 2.70 bits per heavy atom. The Hall–Kier alpha value is -2.72. The van der Waals surface area contributed by atoms with E-state index in [1.54, 1.807) is 43.5 Å². The summed E-state index contributed by atoms with van der Waals surface area (Å²) in [6, 6.07) is 12.0. The lowest BCUT2D eigenvalue weighted by Gasteiger charge is -2.12. The van der Waals surface area contributed by atoms with Crippen LogP contribution in [0.1, 0.15) is 10.4 Å². The van der Waals surface area contributed by atoms with Crippen molar-refractivity contribution in [2.45, 2.75) is 11.3 Å². The number of hydrogen-bond acceptors (Lipinski definition) is 8. The molecule has 4 rings (SSSR count). The molecule has 1 saturated heterocycles. The zero-order valence-corrected chi connectivity index (χ0v) is 18.0. The summed E-state index contributed by atoms with van der Waals surface area (Å²) in [5.74, 6) is 1.09. The number of ether oxygens (including phenoxy) is 2. The van der Waals surface area contributed by atoms with Crippen LogP contribution in [0.2, 0.25) is 0 Å². The van der Waals surface area contributed by atoms with E-state index in [-0.39, 0.29) is 28.7 Å². The van der Waals surface area contributed by atoms with Crippen LogP contribution < -0.4 is 20.1 Å². The third-order valence-electron chi connectivity index (χ3n) is 4.85. The molecule has 0 bridgehead atoms. The molecular formula is C20H21N3O5S2. The lowest BCUT2D eigenvalue weighted by Crippen LogP contribution is -2.14. The molecule has 30 heavy (non-hydrogen) atoms. The fraction of sp³-hybridized carbons (Fsp3) is 0.300. The van der Waals surface area contributed by atoms with Gasteiger partial charge in [0.2, 0.25) is 0 Å². The smallest absolute Gasteiger partial charge is 0.255 e. The number of hydrogen-bond donors (Lipinski definition) is 2. The number of sulfone groups is 1. The zero-order chi connectivity index (χ0) is 21.3. The number of anilines is 2. The molecule has 0 spiro atoms. The average Bonchev–Trinajstić information content (AvgIpc) is 3.20. The molecule has 2 aromatic rings. The molecule has 0 saturated carbocycles. The van der Waals surface area contributed by atoms with Crippen LogP contribution in [0, 0.1) is 0 Å². The number of carbonyl (C=O) groups is 1. The number of benzene rings is 2. The highest BCUT2D eigenvalue weighted by atomic mass is 32.2. The van der Waals surface area contributed by atoms with Crippen LogP contribution in [0.15, 0.2) is 47.5 Å². The summed E-state index contributed by atoms with van der Waals surface area (Å²) in [6.07, 6.45) is 0. The van der Waals surface area contributed by atoms with E-state index in [1.807, 2.05) is 6.07 Å². The Balaban J connectivity index is 1.46. The maximum absolute atomic E-state index is 12.7. The van der Waals surface area contributed by atoms with Crippen LogP contribution in [0.3, 0.4) is 0 Å². The van der Waals surface area contributed by atoms with Crippen LogP contribution in [0.5, 0.6) is 11.5 Å². The molecule has 2 N–H and O–H groups in total. The monoisotopic (exact) mass is 447 g/mol. The van der Waals surface area contributed by atoms with E-state index in [2.05, 4.69) is 15.6 Å². The molecule has 8 nitrogen and oxygen atoms in total. The summed E-state index contributed by atoms with van der Waals surface area (Å²) in [7, 11) is 0.0970. The van der Waals surface area contributed by atoms with E-state index in [4.69, 9.17) is 9.47 Å². The van der Waals surface area contributed by atoms with Crippen molar-refractivity contribution in [3.63, 3.8) is 0 Å². The first-order valence-corrected chi connectivity index (χ1v) is 11.9. The second-order valence-corrected chi connectivity index (χ2v) is 10.3. The quantitative estimate of drug-likeness (QED) is 0.726. The largest absolute Gasteiger partial charge is 0.497 e. The van der Waals surface area contributed by atoms with Crippen molar-refractivity contribution in [2.24, 2.45) is 4.99 Å². The fourth-order valence-corrected chi connectivity index (χ4v) is 7.05. The lowest BCUT2D eigenvalue weighted by molar-refractivity contribution is 0.102. The molecule has 2 atom stereocenters. The van der Waals surface area contributed by atoms with E-state index < -0.39 is 9.84 Å². The van der Waals surface area contributed by atoms with Gasteiger partial charge in [-0.3, -0.25) is 9.79 Å². The molecule has 2 aliphatic heterocycles. The number of carbonyl (C=O) groups excluding carboxylic acids is 1. The van der Waals surface area contributed by atoms with Crippen molar-refractivity contribution >= 4 is 44.0 Å². The van der Waals surface area contributed by atoms with Gasteiger partial charge in [-0.25, -0.2) is 8.42 Å². The molecule has 0 unspecified atom stereocenters. The third kappa shape index (κ3) is 4.39. The van der Waals surface area contributed by atoms with Gasteiger partial charge < -0.3 is 20.1 Å². The van der Waals surface area contributed by atoms with Crippen molar-refractivity contribution in [1.82, 2.24) is 0 Å². The molecule has 0 radical (unpaired) electrons. The summed E-state index contributed by atoms with van der Waals surface area (Å²) < 4.78 is 33.9. The minimum Gasteiger partial charge on any atom is -0.497 e. The summed E-state index contributed by atoms with van der Waals surface area (Å²) >= 11 is 1.43. The third-order valence-corrected chi connectivity index (χ3v) is 7.99. The molecule has 0 aliphatic carbocycles. The summed E-state index contributed by atoms with van der Waals surface area (Å²) in [5.41, 5.74) is 1.70. The summed E-state index contributed by atoms with van der Waals surface area (Å²) in [4.78, 5) is 17.2. The Kier molecular flexibility index (Phi) is 5.61. The summed E-state index contributed by atoms with van der Waals surface area (Å²) in [6.45, 7) is 0. The first kappa shape index (κ1) is 20.5. The second kappa shape index (κ2) is 8.19. The van der Waals surface area contributed by atoms with Crippen molar-refractivity contribution < 1.29 is 22.7 Å². The molecule has 158 valence electrons. The number of aliphatic imine (C=N–C) groups is 1. The Morgan fingerprint density at radius 1 is 1.13 bits per heavy atom. The number of nitrogens with zero attached hydrogens (tertiary/aromatic N) is 1. The normalized spacial score (nSPS) is 21.5. The first-order chi connectivity index (χ1) is 14.4. The van der Waals surface area contributed by atoms with Crippen LogP contribution in [-0.4, -0.2) is 56.5 Å². The minimum absolute atomic E-state index is 0.0356. The minimum atomic E-state index is -2.99. The van der Waals surface area contributed by atoms with Gasteiger partial charge in [-0.1, -0.05) is 17.8 Å². The van der Waals surface area contributed by atoms with Crippen LogP contribution in [-0.2, 0) is 9.84 Å². The van der Waals surface area contributed by atoms with Gasteiger partial charge in [0.05, 0.1) is 37.5 Å². The number of thioether (sulfide) groups is 1. The number of amidine groups is 1. The van der Waals surface area contributed by atoms with Gasteiger partial charge in [-0.2, -0.15) is 0 Å². The van der Waals surface area contributed by atoms with Gasteiger partial charge in [-0.05, 0) is 30.3 Å². The van der Waals surface area contributed by atoms with Gasteiger partial charge in [0.15, 0.2) is 15.0 Å². The predicted octanol–water partition coefficient (Wildman–Crippen LogP) is 2.64. The van der Waals surface area contributed by atoms with E-state index in [0.29, 0.717) is 33.6 Å². The number of rotatable bonds is 5. The van der Waals surface area contributed by atoms with Crippen LogP contribution in [0.25, 0.3) is 0 Å². The van der Waals surface area contributed by atoms with E-state index in [9.17, 15) is 13.2 Å². The highest BCUT2D eigenvalue weighted by Gasteiger charge is 2.42. The number of amides is 1. The first-order valence-electron chi connectivity index (χ1n) is 9.22. The van der Waals surface area contributed by atoms with E-state index >= 15 is 0 Å². The second-order valence-electron chi connectivity index (χ2n) is 6.96. The maximum atomic E-state index is 12.7. The van der Waals surface area contributed by atoms with Crippen molar-refractivity contribution in [3.8, 4) is 11.5 Å². The molecule has 2 aliphatic rings. The molecule has 10 heteroatoms. The standard InChI is InChI=1S/C20H21N3O5S2/c1-27-14-6-7-15(17(9-14)28-2)22-19(24)12-4-3-5-13(8-12)21-20-23-16-10-30(25,26)11-18(16)29-20/h3-9,16,18H,10-11H2,1-2H3,(H,21,23)(H,22,24)/t16-,18-/m0/s1. The summed E-state index contributed by atoms with van der Waals surface area (Å²) in [5, 5.41) is 6.67. The zero-order valence-electron chi connectivity index (χ0n) is 16.4. The van der Waals surface area contributed by atoms with Gasteiger partial charge in [0, 0.05) is 22.6 Å². The molecule has 1 fully saturated rings. The SMILES string of the molecule is COc1ccc(NC(=O)c2cccc(NC3=N[C@H]4CS(=O)(=O)C[C@@H]4S3)c2)c(OC)c1. The molecular weight excluding hydrogens is 426 g/mol. The van der Waals surface area contributed by atoms with E-state index in [1.165, 1.54) is 18.9 Å². The number of methoxy groups -OCH3 is 2. The fourth-order valence-electron chi connectivity index (χ4n) is 3.37. The molecule has 1 amide bonds. The molecule has 2 heterocycles. The van der Waals surface area contributed by atoms with Gasteiger partial charge in [-0.15, -0.1) is 0 Å².